The van der Waals surface area contributed by atoms with E-state index in [1.165, 1.54) is 0 Å². The van der Waals surface area contributed by atoms with E-state index in [1.807, 2.05) is 0 Å². The maximum atomic E-state index is 11.6. The van der Waals surface area contributed by atoms with E-state index in [9.17, 15) is 19.7 Å². The Morgan fingerprint density at radius 2 is 2.10 bits per heavy atom. The van der Waals surface area contributed by atoms with Gasteiger partial charge in [-0.05, 0) is 19.9 Å². The Bertz CT molecular complexity index is 541. The minimum absolute atomic E-state index is 0.135. The molecule has 0 radical (unpaired) electrons. The maximum absolute atomic E-state index is 11.6. The number of aromatic carboxylic acids is 1. The quantitative estimate of drug-likeness (QED) is 0.605. The zero-order chi connectivity index (χ0) is 15.3. The zero-order valence-electron chi connectivity index (χ0n) is 11.0. The number of amides is 1. The minimum atomic E-state index is -1.29. The predicted molar refractivity (Wildman–Crippen MR) is 69.8 cm³/mol. The van der Waals surface area contributed by atoms with Crippen molar-refractivity contribution in [1.82, 2.24) is 0 Å². The highest BCUT2D eigenvalue weighted by molar-refractivity contribution is 6.01. The van der Waals surface area contributed by atoms with Gasteiger partial charge in [-0.2, -0.15) is 0 Å². The molecule has 8 nitrogen and oxygen atoms in total. The highest BCUT2D eigenvalue weighted by Gasteiger charge is 2.17. The van der Waals surface area contributed by atoms with Crippen molar-refractivity contribution in [2.75, 3.05) is 11.9 Å². The van der Waals surface area contributed by atoms with Crippen LogP contribution >= 0.6 is 0 Å². The molecule has 2 N–H and O–H groups in total. The van der Waals surface area contributed by atoms with Gasteiger partial charge in [0.1, 0.15) is 6.61 Å². The van der Waals surface area contributed by atoms with Gasteiger partial charge in [-0.15, -0.1) is 0 Å². The molecular weight excluding hydrogens is 268 g/mol. The number of ether oxygens (including phenoxy) is 1. The van der Waals surface area contributed by atoms with Gasteiger partial charge < -0.3 is 15.2 Å². The van der Waals surface area contributed by atoms with E-state index in [0.717, 1.165) is 18.2 Å². The van der Waals surface area contributed by atoms with Crippen LogP contribution in [0.15, 0.2) is 18.2 Å². The number of nitrogens with one attached hydrogen (secondary N) is 1. The number of non-ortho nitro benzene ring substituents is 1. The number of carbonyl (C=O) groups is 2. The number of carboxylic acid groups (broad SMARTS) is 1. The average molecular weight is 282 g/mol. The summed E-state index contributed by atoms with van der Waals surface area (Å²) in [6.45, 7) is 3.21. The first kappa shape index (κ1) is 15.6. The maximum Gasteiger partial charge on any atom is 0.337 e. The fraction of sp³-hybridized carbons (Fsp3) is 0.333. The van der Waals surface area contributed by atoms with Gasteiger partial charge in [0, 0.05) is 12.1 Å². The second-order valence-corrected chi connectivity index (χ2v) is 4.20. The molecule has 0 saturated heterocycles. The molecule has 0 saturated carbocycles. The molecule has 0 fully saturated rings. The molecule has 0 aliphatic heterocycles. The van der Waals surface area contributed by atoms with Crippen LogP contribution in [0.3, 0.4) is 0 Å². The van der Waals surface area contributed by atoms with Crippen molar-refractivity contribution in [3.8, 4) is 0 Å². The summed E-state index contributed by atoms with van der Waals surface area (Å²) < 4.78 is 5.06. The van der Waals surface area contributed by atoms with Gasteiger partial charge in [0.2, 0.25) is 5.91 Å². The molecule has 0 unspecified atom stereocenters. The van der Waals surface area contributed by atoms with Crippen molar-refractivity contribution < 1.29 is 24.4 Å². The number of hydrogen-bond donors (Lipinski definition) is 2. The van der Waals surface area contributed by atoms with Crippen LogP contribution in [0.25, 0.3) is 0 Å². The molecule has 0 aliphatic rings. The van der Waals surface area contributed by atoms with E-state index < -0.39 is 16.8 Å². The topological polar surface area (TPSA) is 119 Å². The fourth-order valence-corrected chi connectivity index (χ4v) is 1.36. The Hall–Kier alpha value is -2.48. The molecule has 1 aromatic carbocycles. The van der Waals surface area contributed by atoms with Crippen molar-refractivity contribution in [2.24, 2.45) is 0 Å². The summed E-state index contributed by atoms with van der Waals surface area (Å²) in [4.78, 5) is 32.6. The summed E-state index contributed by atoms with van der Waals surface area (Å²) in [7, 11) is 0. The number of benzene rings is 1. The van der Waals surface area contributed by atoms with Crippen molar-refractivity contribution in [1.29, 1.82) is 0 Å². The highest BCUT2D eigenvalue weighted by Crippen LogP contribution is 2.22. The first-order valence-corrected chi connectivity index (χ1v) is 5.74. The molecule has 0 bridgehead atoms. The standard InChI is InChI=1S/C12H14N2O6/c1-7(2)20-6-11(15)13-10-5-8(14(18)19)3-4-9(10)12(16)17/h3-5,7H,6H2,1-2H3,(H,13,15)(H,16,17). The van der Waals surface area contributed by atoms with Crippen LogP contribution in [0.1, 0.15) is 24.2 Å². The summed E-state index contributed by atoms with van der Waals surface area (Å²) in [6.07, 6.45) is -0.162. The number of nitrogens with zero attached hydrogens (tertiary/aromatic N) is 1. The molecule has 108 valence electrons. The first-order chi connectivity index (χ1) is 9.31. The molecule has 8 heteroatoms. The lowest BCUT2D eigenvalue weighted by Crippen LogP contribution is -2.22. The lowest BCUT2D eigenvalue weighted by molar-refractivity contribution is -0.384. The van der Waals surface area contributed by atoms with Gasteiger partial charge in [0.25, 0.3) is 5.69 Å². The first-order valence-electron chi connectivity index (χ1n) is 5.74. The fourth-order valence-electron chi connectivity index (χ4n) is 1.36. The van der Waals surface area contributed by atoms with Crippen LogP contribution < -0.4 is 5.32 Å². The lowest BCUT2D eigenvalue weighted by Gasteiger charge is -2.10. The molecule has 1 aromatic rings. The summed E-state index contributed by atoms with van der Waals surface area (Å²) in [5.41, 5.74) is -0.673. The largest absolute Gasteiger partial charge is 0.478 e. The second-order valence-electron chi connectivity index (χ2n) is 4.20. The number of nitro groups is 1. The highest BCUT2D eigenvalue weighted by atomic mass is 16.6. The van der Waals surface area contributed by atoms with Crippen LogP contribution in [0, 0.1) is 10.1 Å². The summed E-state index contributed by atoms with van der Waals surface area (Å²) >= 11 is 0. The van der Waals surface area contributed by atoms with Crippen molar-refractivity contribution in [2.45, 2.75) is 20.0 Å². The molecule has 1 rings (SSSR count). The molecule has 0 aliphatic carbocycles. The van der Waals surface area contributed by atoms with E-state index >= 15 is 0 Å². The number of rotatable bonds is 6. The average Bonchev–Trinajstić information content (AvgIpc) is 2.35. The number of carbonyl (C=O) groups excluding carboxylic acids is 1. The Balaban J connectivity index is 2.95. The predicted octanol–water partition coefficient (Wildman–Crippen LogP) is 1.66. The third-order valence-corrected chi connectivity index (χ3v) is 2.27. The summed E-state index contributed by atoms with van der Waals surface area (Å²) in [5, 5.41) is 21.9. The molecule has 0 atom stereocenters. The number of carboxylic acids is 1. The zero-order valence-corrected chi connectivity index (χ0v) is 11.0. The Morgan fingerprint density at radius 3 is 2.60 bits per heavy atom. The Morgan fingerprint density at radius 1 is 1.45 bits per heavy atom. The number of hydrogen-bond acceptors (Lipinski definition) is 5. The van der Waals surface area contributed by atoms with E-state index in [0.29, 0.717) is 0 Å². The van der Waals surface area contributed by atoms with Gasteiger partial charge in [-0.25, -0.2) is 4.79 Å². The van der Waals surface area contributed by atoms with Crippen molar-refractivity contribution in [3.63, 3.8) is 0 Å². The molecular formula is C12H14N2O6. The Kier molecular flexibility index (Phi) is 5.15. The van der Waals surface area contributed by atoms with Gasteiger partial charge in [-0.3, -0.25) is 14.9 Å². The SMILES string of the molecule is CC(C)OCC(=O)Nc1cc([N+](=O)[O-])ccc1C(=O)O. The van der Waals surface area contributed by atoms with E-state index in [2.05, 4.69) is 5.32 Å². The summed E-state index contributed by atoms with van der Waals surface area (Å²) in [6, 6.07) is 3.12. The van der Waals surface area contributed by atoms with E-state index in [4.69, 9.17) is 9.84 Å². The van der Waals surface area contributed by atoms with E-state index in [1.54, 1.807) is 13.8 Å². The van der Waals surface area contributed by atoms with Crippen LogP contribution in [0.5, 0.6) is 0 Å². The minimum Gasteiger partial charge on any atom is -0.478 e. The van der Waals surface area contributed by atoms with Gasteiger partial charge in [0.05, 0.1) is 22.3 Å². The third-order valence-electron chi connectivity index (χ3n) is 2.27. The monoisotopic (exact) mass is 282 g/mol. The normalized spacial score (nSPS) is 10.3. The molecule has 0 spiro atoms. The van der Waals surface area contributed by atoms with Gasteiger partial charge >= 0.3 is 5.97 Å². The number of anilines is 1. The van der Waals surface area contributed by atoms with Crippen molar-refractivity contribution >= 4 is 23.3 Å². The molecule has 20 heavy (non-hydrogen) atoms. The van der Waals surface area contributed by atoms with Crippen LogP contribution in [-0.2, 0) is 9.53 Å². The smallest absolute Gasteiger partial charge is 0.337 e. The van der Waals surface area contributed by atoms with E-state index in [-0.39, 0.29) is 29.6 Å². The Labute approximate surface area is 114 Å². The molecule has 0 aromatic heterocycles. The number of nitro benzene ring substituents is 1. The third kappa shape index (κ3) is 4.32. The van der Waals surface area contributed by atoms with Gasteiger partial charge in [-0.1, -0.05) is 0 Å². The summed E-state index contributed by atoms with van der Waals surface area (Å²) in [5.74, 6) is -1.87. The lowest BCUT2D eigenvalue weighted by atomic mass is 10.1. The second kappa shape index (κ2) is 6.62. The molecule has 0 heterocycles. The van der Waals surface area contributed by atoms with Crippen LogP contribution in [0.2, 0.25) is 0 Å². The van der Waals surface area contributed by atoms with Crippen LogP contribution in [-0.4, -0.2) is 34.6 Å². The van der Waals surface area contributed by atoms with Crippen molar-refractivity contribution in [3.05, 3.63) is 33.9 Å². The van der Waals surface area contributed by atoms with Gasteiger partial charge in [0.15, 0.2) is 0 Å². The van der Waals surface area contributed by atoms with Crippen LogP contribution in [0.4, 0.5) is 11.4 Å². The molecule has 1 amide bonds.